The highest BCUT2D eigenvalue weighted by Crippen LogP contribution is 2.55. The van der Waals surface area contributed by atoms with E-state index >= 15 is 0 Å². The van der Waals surface area contributed by atoms with Crippen molar-refractivity contribution in [3.63, 3.8) is 0 Å². The molecule has 0 amide bonds. The number of aryl methyl sites for hydroxylation is 1. The van der Waals surface area contributed by atoms with Crippen LogP contribution >= 0.6 is 22.6 Å². The van der Waals surface area contributed by atoms with Gasteiger partial charge >= 0.3 is 5.69 Å². The van der Waals surface area contributed by atoms with Crippen molar-refractivity contribution >= 4 is 22.6 Å². The van der Waals surface area contributed by atoms with E-state index in [0.29, 0.717) is 5.56 Å². The fourth-order valence-corrected chi connectivity index (χ4v) is 4.17. The topological polar surface area (TPSA) is 114 Å². The second-order valence-electron chi connectivity index (χ2n) is 5.92. The van der Waals surface area contributed by atoms with Crippen molar-refractivity contribution in [1.82, 2.24) is 9.55 Å². The highest BCUT2D eigenvalue weighted by molar-refractivity contribution is 14.1. The molecule has 3 N–H and O–H groups in total. The van der Waals surface area contributed by atoms with Crippen LogP contribution < -0.4 is 11.2 Å². The number of aromatic amines is 1. The molecular weight excluding hydrogens is 407 g/mol. The normalized spacial score (nSPS) is 39.9. The third-order valence-electron chi connectivity index (χ3n) is 4.45. The molecule has 6 atom stereocenters. The SMILES string of the molecule is Cc1cn([C@@H]2OC3([C@](C)(O)I)[C@H](C)O[C@@H]2[C@@H]3O)c(=O)[nH]c1=O. The van der Waals surface area contributed by atoms with Crippen molar-refractivity contribution in [2.45, 2.75) is 54.5 Å². The molecular formula is C13H17IN2O6. The average molecular weight is 424 g/mol. The van der Waals surface area contributed by atoms with Crippen LogP contribution in [0.2, 0.25) is 0 Å². The Morgan fingerprint density at radius 2 is 2.14 bits per heavy atom. The minimum atomic E-state index is -1.41. The number of aliphatic hydroxyl groups excluding tert-OH is 1. The molecule has 0 aromatic carbocycles. The predicted molar refractivity (Wildman–Crippen MR) is 83.9 cm³/mol. The minimum Gasteiger partial charge on any atom is -0.387 e. The molecule has 1 unspecified atom stereocenters. The maximum atomic E-state index is 12.0. The summed E-state index contributed by atoms with van der Waals surface area (Å²) in [7, 11) is 0. The lowest BCUT2D eigenvalue weighted by molar-refractivity contribution is -0.240. The third kappa shape index (κ3) is 1.96. The quantitative estimate of drug-likeness (QED) is 0.432. The number of aromatic nitrogens is 2. The number of H-pyrrole nitrogens is 1. The third-order valence-corrected chi connectivity index (χ3v) is 5.29. The Labute approximate surface area is 139 Å². The standard InChI is InChI=1S/C13H17IN2O6/c1-5-4-16(11(19)15-9(5)18)10-7-8(17)13(22-10,6(2)21-7)12(3,14)20/h4,6-8,10,17,20H,1-3H3,(H,15,18,19)/t6-,7+,8-,10+,12-,13?/m0/s1. The van der Waals surface area contributed by atoms with Crippen LogP contribution in [0.15, 0.2) is 15.8 Å². The van der Waals surface area contributed by atoms with Crippen LogP contribution in [0.25, 0.3) is 0 Å². The van der Waals surface area contributed by atoms with Gasteiger partial charge in [-0.25, -0.2) is 4.79 Å². The molecule has 0 radical (unpaired) electrons. The van der Waals surface area contributed by atoms with Gasteiger partial charge in [0.05, 0.1) is 6.10 Å². The summed E-state index contributed by atoms with van der Waals surface area (Å²) in [6.07, 6.45) is -2.01. The van der Waals surface area contributed by atoms with Gasteiger partial charge in [0.1, 0.15) is 15.8 Å². The number of nitrogens with zero attached hydrogens (tertiary/aromatic N) is 1. The summed E-state index contributed by atoms with van der Waals surface area (Å²) in [5.41, 5.74) is -2.15. The number of hydrogen-bond donors (Lipinski definition) is 3. The zero-order chi connectivity index (χ0) is 16.4. The Morgan fingerprint density at radius 3 is 2.68 bits per heavy atom. The maximum Gasteiger partial charge on any atom is 0.330 e. The van der Waals surface area contributed by atoms with Gasteiger partial charge in [0, 0.05) is 11.8 Å². The molecule has 122 valence electrons. The lowest BCUT2D eigenvalue weighted by Gasteiger charge is -2.42. The van der Waals surface area contributed by atoms with Crippen molar-refractivity contribution in [3.05, 3.63) is 32.6 Å². The first-order chi connectivity index (χ1) is 10.1. The summed E-state index contributed by atoms with van der Waals surface area (Å²) in [5, 5.41) is 21.0. The van der Waals surface area contributed by atoms with Crippen LogP contribution in [0.4, 0.5) is 0 Å². The van der Waals surface area contributed by atoms with E-state index in [-0.39, 0.29) is 0 Å². The van der Waals surface area contributed by atoms with Crippen LogP contribution in [0.3, 0.4) is 0 Å². The highest BCUT2D eigenvalue weighted by atomic mass is 127. The first-order valence-corrected chi connectivity index (χ1v) is 7.92. The molecule has 2 saturated heterocycles. The van der Waals surface area contributed by atoms with Crippen LogP contribution in [0.5, 0.6) is 0 Å². The minimum absolute atomic E-state index is 0.337. The smallest absolute Gasteiger partial charge is 0.330 e. The van der Waals surface area contributed by atoms with Gasteiger partial charge in [-0.05, 0) is 43.4 Å². The summed E-state index contributed by atoms with van der Waals surface area (Å²) in [6, 6.07) is 0. The number of rotatable bonds is 2. The number of halogens is 1. The molecule has 1 aromatic rings. The summed E-state index contributed by atoms with van der Waals surface area (Å²) >= 11 is 1.78. The van der Waals surface area contributed by atoms with Gasteiger partial charge in [0.15, 0.2) is 11.8 Å². The molecule has 2 aliphatic rings. The lowest BCUT2D eigenvalue weighted by atomic mass is 9.88. The number of nitrogens with one attached hydrogen (secondary N) is 1. The van der Waals surface area contributed by atoms with Gasteiger partial charge in [-0.15, -0.1) is 0 Å². The molecule has 9 heteroatoms. The second-order valence-corrected chi connectivity index (χ2v) is 8.02. The van der Waals surface area contributed by atoms with E-state index in [2.05, 4.69) is 4.98 Å². The molecule has 8 nitrogen and oxygen atoms in total. The largest absolute Gasteiger partial charge is 0.387 e. The summed E-state index contributed by atoms with van der Waals surface area (Å²) in [5.74, 6) is 0. The van der Waals surface area contributed by atoms with Crippen molar-refractivity contribution in [2.24, 2.45) is 0 Å². The van der Waals surface area contributed by atoms with Crippen LogP contribution in [-0.2, 0) is 9.47 Å². The van der Waals surface area contributed by atoms with Crippen molar-refractivity contribution in [1.29, 1.82) is 0 Å². The van der Waals surface area contributed by atoms with Crippen molar-refractivity contribution in [3.8, 4) is 0 Å². The van der Waals surface area contributed by atoms with Gasteiger partial charge in [-0.1, -0.05) is 0 Å². The number of alkyl halides is 1. The molecule has 2 fully saturated rings. The summed E-state index contributed by atoms with van der Waals surface area (Å²) in [4.78, 5) is 25.7. The molecule has 0 aliphatic carbocycles. The molecule has 3 heterocycles. The van der Waals surface area contributed by atoms with E-state index < -0.39 is 45.0 Å². The van der Waals surface area contributed by atoms with Crippen molar-refractivity contribution in [2.75, 3.05) is 0 Å². The molecule has 0 saturated carbocycles. The van der Waals surface area contributed by atoms with Gasteiger partial charge in [0.2, 0.25) is 0 Å². The molecule has 2 aliphatic heterocycles. The molecule has 0 spiro atoms. The molecule has 22 heavy (non-hydrogen) atoms. The molecule has 3 rings (SSSR count). The first-order valence-electron chi connectivity index (χ1n) is 6.84. The number of aliphatic hydroxyl groups is 2. The van der Waals surface area contributed by atoms with Crippen LogP contribution in [0.1, 0.15) is 25.6 Å². The monoisotopic (exact) mass is 424 g/mol. The van der Waals surface area contributed by atoms with Gasteiger partial charge in [-0.2, -0.15) is 0 Å². The molecule has 2 bridgehead atoms. The van der Waals surface area contributed by atoms with E-state index in [9.17, 15) is 19.8 Å². The van der Waals surface area contributed by atoms with Gasteiger partial charge < -0.3 is 19.7 Å². The maximum absolute atomic E-state index is 12.0. The van der Waals surface area contributed by atoms with E-state index in [4.69, 9.17) is 9.47 Å². The fourth-order valence-electron chi connectivity index (χ4n) is 3.29. The Morgan fingerprint density at radius 1 is 1.50 bits per heavy atom. The van der Waals surface area contributed by atoms with Crippen LogP contribution in [0, 0.1) is 6.92 Å². The molecule has 1 aromatic heterocycles. The Bertz CT molecular complexity index is 722. The zero-order valence-electron chi connectivity index (χ0n) is 12.2. The van der Waals surface area contributed by atoms with E-state index in [1.54, 1.807) is 36.4 Å². The van der Waals surface area contributed by atoms with Gasteiger partial charge in [0.25, 0.3) is 5.56 Å². The Balaban J connectivity index is 2.10. The van der Waals surface area contributed by atoms with E-state index in [1.807, 2.05) is 0 Å². The number of hydrogen-bond acceptors (Lipinski definition) is 6. The Kier molecular flexibility index (Phi) is 3.57. The first kappa shape index (κ1) is 16.1. The highest BCUT2D eigenvalue weighted by Gasteiger charge is 2.72. The second kappa shape index (κ2) is 4.87. The van der Waals surface area contributed by atoms with Crippen molar-refractivity contribution < 1.29 is 19.7 Å². The Hall–Kier alpha value is -0.750. The van der Waals surface area contributed by atoms with E-state index in [1.165, 1.54) is 17.7 Å². The predicted octanol–water partition coefficient (Wildman–Crippen LogP) is -0.596. The zero-order valence-corrected chi connectivity index (χ0v) is 14.4. The number of ether oxygens (including phenoxy) is 2. The van der Waals surface area contributed by atoms with E-state index in [0.717, 1.165) is 0 Å². The number of fused-ring (bicyclic) bond motifs is 2. The summed E-state index contributed by atoms with van der Waals surface area (Å²) < 4.78 is 11.4. The fraction of sp³-hybridized carbons (Fsp3) is 0.692. The lowest BCUT2D eigenvalue weighted by Crippen LogP contribution is -2.59. The average Bonchev–Trinajstić information content (AvgIpc) is 2.82. The summed E-state index contributed by atoms with van der Waals surface area (Å²) in [6.45, 7) is 4.78. The van der Waals surface area contributed by atoms with Gasteiger partial charge in [-0.3, -0.25) is 14.3 Å². The van der Waals surface area contributed by atoms with Crippen LogP contribution in [-0.4, -0.2) is 47.3 Å².